The van der Waals surface area contributed by atoms with Crippen LogP contribution in [0.4, 0.5) is 5.13 Å². The highest BCUT2D eigenvalue weighted by atomic mass is 32.2. The molecule has 2 amide bonds. The first-order chi connectivity index (χ1) is 16.2. The van der Waals surface area contributed by atoms with Crippen LogP contribution in [0, 0.1) is 0 Å². The molecule has 12 nitrogen and oxygen atoms in total. The molecule has 0 spiro atoms. The molecule has 3 N–H and O–H groups in total. The number of thioether (sulfide) groups is 1. The number of amides is 2. The van der Waals surface area contributed by atoms with E-state index in [9.17, 15) is 19.2 Å². The fourth-order valence-electron chi connectivity index (χ4n) is 3.33. The largest absolute Gasteiger partial charge is 0.426 e. The van der Waals surface area contributed by atoms with Crippen LogP contribution in [0.2, 0.25) is 0 Å². The van der Waals surface area contributed by atoms with E-state index in [0.717, 1.165) is 11.3 Å². The topological polar surface area (TPSA) is 163 Å². The molecule has 1 saturated heterocycles. The summed E-state index contributed by atoms with van der Waals surface area (Å²) in [5, 5.41) is 7.58. The van der Waals surface area contributed by atoms with Crippen LogP contribution < -0.4 is 11.1 Å². The summed E-state index contributed by atoms with van der Waals surface area (Å²) < 4.78 is 10.1. The Morgan fingerprint density at radius 2 is 2.12 bits per heavy atom. The summed E-state index contributed by atoms with van der Waals surface area (Å²) >= 11 is 2.50. The lowest BCUT2D eigenvalue weighted by atomic mass is 10.0. The third kappa shape index (κ3) is 5.22. The molecule has 3 heterocycles. The second-order valence-electron chi connectivity index (χ2n) is 7.01. The standard InChI is InChI=1S/C20H23N5O7S2/c1-5-6-11-7-33-18-14(23-16(27)13(24-30-4)12-8-34-20(21)22-12)17(28)25(18)15(11)19(29)32-10(3)31-9(2)26/h5-6,8,10,14,18H,7H2,1-4H3,(H2,21,22)(H,23,27)/b6-5+,24-13-/t10?,14-,18-/m1/s1. The fraction of sp³-hybridized carbons (Fsp3) is 0.400. The number of esters is 2. The maximum absolute atomic E-state index is 13.0. The number of carbonyl (C=O) groups excluding carboxylic acids is 4. The van der Waals surface area contributed by atoms with E-state index in [1.165, 1.54) is 37.6 Å². The average Bonchev–Trinajstić information content (AvgIpc) is 3.20. The van der Waals surface area contributed by atoms with Crippen molar-refractivity contribution >= 4 is 57.7 Å². The number of hydrogen-bond donors (Lipinski definition) is 2. The van der Waals surface area contributed by atoms with Crippen molar-refractivity contribution in [1.29, 1.82) is 0 Å². The number of ether oxygens (including phenoxy) is 2. The predicted molar refractivity (Wildman–Crippen MR) is 124 cm³/mol. The predicted octanol–water partition coefficient (Wildman–Crippen LogP) is 0.758. The van der Waals surface area contributed by atoms with Gasteiger partial charge in [0, 0.05) is 25.0 Å². The minimum absolute atomic E-state index is 0.0365. The monoisotopic (exact) mass is 509 g/mol. The number of rotatable bonds is 8. The average molecular weight is 510 g/mol. The maximum atomic E-state index is 13.0. The molecular formula is C20H23N5O7S2. The summed E-state index contributed by atoms with van der Waals surface area (Å²) in [6, 6.07) is -0.920. The Balaban J connectivity index is 1.79. The number of carbonyl (C=O) groups is 4. The molecule has 14 heteroatoms. The molecule has 3 rings (SSSR count). The van der Waals surface area contributed by atoms with Crippen molar-refractivity contribution in [3.05, 3.63) is 34.5 Å². The summed E-state index contributed by atoms with van der Waals surface area (Å²) in [5.74, 6) is -2.22. The van der Waals surface area contributed by atoms with Crippen LogP contribution in [0.15, 0.2) is 34.0 Å². The zero-order valence-corrected chi connectivity index (χ0v) is 20.4. The number of nitrogens with one attached hydrogen (secondary N) is 1. The summed E-state index contributed by atoms with van der Waals surface area (Å²) in [5.41, 5.74) is 6.32. The molecule has 2 aliphatic rings. The Labute approximate surface area is 203 Å². The third-order valence-corrected chi connectivity index (χ3v) is 6.59. The van der Waals surface area contributed by atoms with Crippen LogP contribution in [0.1, 0.15) is 26.5 Å². The highest BCUT2D eigenvalue weighted by Gasteiger charge is 2.54. The van der Waals surface area contributed by atoms with Gasteiger partial charge in [0.15, 0.2) is 10.8 Å². The molecule has 1 aromatic heterocycles. The first kappa shape index (κ1) is 25.2. The smallest absolute Gasteiger partial charge is 0.358 e. The number of oxime groups is 1. The molecule has 2 aliphatic heterocycles. The van der Waals surface area contributed by atoms with Crippen LogP contribution in [0.3, 0.4) is 0 Å². The lowest BCUT2D eigenvalue weighted by Crippen LogP contribution is -2.71. The van der Waals surface area contributed by atoms with E-state index in [-0.39, 0.29) is 22.2 Å². The highest BCUT2D eigenvalue weighted by molar-refractivity contribution is 8.00. The quantitative estimate of drug-likeness (QED) is 0.168. The van der Waals surface area contributed by atoms with Gasteiger partial charge in [-0.05, 0) is 12.5 Å². The number of nitrogens with two attached hydrogens (primary N) is 1. The van der Waals surface area contributed by atoms with Gasteiger partial charge < -0.3 is 25.4 Å². The summed E-state index contributed by atoms with van der Waals surface area (Å²) in [6.45, 7) is 4.36. The van der Waals surface area contributed by atoms with Crippen molar-refractivity contribution in [3.8, 4) is 0 Å². The molecule has 0 radical (unpaired) electrons. The minimum atomic E-state index is -1.14. The van der Waals surface area contributed by atoms with E-state index < -0.39 is 41.5 Å². The molecule has 0 bridgehead atoms. The maximum Gasteiger partial charge on any atom is 0.358 e. The van der Waals surface area contributed by atoms with Crippen molar-refractivity contribution in [2.24, 2.45) is 5.16 Å². The lowest BCUT2D eigenvalue weighted by molar-refractivity contribution is -0.182. The van der Waals surface area contributed by atoms with Gasteiger partial charge in [0.05, 0.1) is 0 Å². The molecule has 1 fully saturated rings. The number of thiazole rings is 1. The van der Waals surface area contributed by atoms with E-state index in [1.54, 1.807) is 24.5 Å². The Morgan fingerprint density at radius 3 is 2.71 bits per heavy atom. The second-order valence-corrected chi connectivity index (χ2v) is 9.01. The fourth-order valence-corrected chi connectivity index (χ4v) is 5.19. The Bertz CT molecular complexity index is 1100. The number of fused-ring (bicyclic) bond motifs is 1. The van der Waals surface area contributed by atoms with Crippen molar-refractivity contribution < 1.29 is 33.5 Å². The van der Waals surface area contributed by atoms with Gasteiger partial charge in [-0.2, -0.15) is 0 Å². The molecule has 3 atom stereocenters. The number of aromatic nitrogens is 1. The third-order valence-electron chi connectivity index (χ3n) is 4.61. The van der Waals surface area contributed by atoms with Gasteiger partial charge in [-0.15, -0.1) is 23.1 Å². The molecule has 0 aliphatic carbocycles. The molecule has 1 unspecified atom stereocenters. The van der Waals surface area contributed by atoms with Crippen molar-refractivity contribution in [2.45, 2.75) is 38.5 Å². The molecule has 34 heavy (non-hydrogen) atoms. The van der Waals surface area contributed by atoms with Gasteiger partial charge in [-0.25, -0.2) is 9.78 Å². The van der Waals surface area contributed by atoms with E-state index in [4.69, 9.17) is 20.0 Å². The number of nitrogens with zero attached hydrogens (tertiary/aromatic N) is 3. The van der Waals surface area contributed by atoms with Gasteiger partial charge >= 0.3 is 11.9 Å². The van der Waals surface area contributed by atoms with E-state index in [0.29, 0.717) is 11.3 Å². The van der Waals surface area contributed by atoms with Crippen molar-refractivity contribution in [3.63, 3.8) is 0 Å². The molecule has 1 aromatic rings. The van der Waals surface area contributed by atoms with Gasteiger partial charge in [-0.3, -0.25) is 19.3 Å². The SMILES string of the molecule is C/C=C/C1=C(C(=O)OC(C)OC(C)=O)N2C(=O)[C@@H](NC(=O)/C(=N\OC)c3csc(N)n3)[C@H]2SC1. The zero-order chi connectivity index (χ0) is 25.0. The normalized spacial score (nSPS) is 21.0. The van der Waals surface area contributed by atoms with Crippen LogP contribution in [-0.2, 0) is 33.5 Å². The van der Waals surface area contributed by atoms with Crippen LogP contribution in [0.25, 0.3) is 0 Å². The lowest BCUT2D eigenvalue weighted by Gasteiger charge is -2.49. The van der Waals surface area contributed by atoms with E-state index >= 15 is 0 Å². The molecule has 182 valence electrons. The number of β-lactam (4-membered cyclic amide) rings is 1. The number of nitrogen functional groups attached to an aromatic ring is 1. The van der Waals surface area contributed by atoms with Crippen molar-refractivity contribution in [1.82, 2.24) is 15.2 Å². The summed E-state index contributed by atoms with van der Waals surface area (Å²) in [6.07, 6.45) is 2.30. The molecule has 0 aromatic carbocycles. The summed E-state index contributed by atoms with van der Waals surface area (Å²) in [4.78, 5) is 59.9. The van der Waals surface area contributed by atoms with Gasteiger partial charge in [0.2, 0.25) is 6.29 Å². The number of allylic oxidation sites excluding steroid dienone is 2. The van der Waals surface area contributed by atoms with E-state index in [2.05, 4.69) is 15.5 Å². The first-order valence-corrected chi connectivity index (χ1v) is 11.9. The zero-order valence-electron chi connectivity index (χ0n) is 18.8. The van der Waals surface area contributed by atoms with Crippen LogP contribution in [-0.4, -0.2) is 69.9 Å². The number of hydrogen-bond acceptors (Lipinski definition) is 12. The van der Waals surface area contributed by atoms with Gasteiger partial charge in [-0.1, -0.05) is 17.3 Å². The Hall–Kier alpha value is -3.39. The summed E-state index contributed by atoms with van der Waals surface area (Å²) in [7, 11) is 1.28. The van der Waals surface area contributed by atoms with Gasteiger partial charge in [0.25, 0.3) is 11.8 Å². The van der Waals surface area contributed by atoms with Crippen LogP contribution in [0.5, 0.6) is 0 Å². The Morgan fingerprint density at radius 1 is 1.38 bits per heavy atom. The van der Waals surface area contributed by atoms with E-state index in [1.807, 2.05) is 0 Å². The first-order valence-electron chi connectivity index (χ1n) is 10.00. The van der Waals surface area contributed by atoms with Gasteiger partial charge in [0.1, 0.15) is 29.9 Å². The highest BCUT2D eigenvalue weighted by Crippen LogP contribution is 2.41. The van der Waals surface area contributed by atoms with Crippen molar-refractivity contribution in [2.75, 3.05) is 18.6 Å². The van der Waals surface area contributed by atoms with Crippen LogP contribution >= 0.6 is 23.1 Å². The number of anilines is 1. The molecule has 0 saturated carbocycles. The molecular weight excluding hydrogens is 486 g/mol. The minimum Gasteiger partial charge on any atom is -0.426 e. The second kappa shape index (κ2) is 10.7. The Kier molecular flexibility index (Phi) is 7.94.